The summed E-state index contributed by atoms with van der Waals surface area (Å²) >= 11 is 0. The Morgan fingerprint density at radius 3 is 2.90 bits per heavy atom. The summed E-state index contributed by atoms with van der Waals surface area (Å²) < 4.78 is 5.48. The van der Waals surface area contributed by atoms with Crippen molar-refractivity contribution >= 4 is 11.7 Å². The number of nitrogens with zero attached hydrogens (tertiary/aromatic N) is 2. The van der Waals surface area contributed by atoms with Gasteiger partial charge in [-0.3, -0.25) is 4.79 Å². The number of carbonyl (C=O) groups excluding carboxylic acids is 1. The average molecular weight is 291 g/mol. The van der Waals surface area contributed by atoms with E-state index in [0.29, 0.717) is 25.3 Å². The molecule has 116 valence electrons. The monoisotopic (exact) mass is 291 g/mol. The van der Waals surface area contributed by atoms with Crippen molar-refractivity contribution in [2.45, 2.75) is 39.2 Å². The van der Waals surface area contributed by atoms with Crippen LogP contribution < -0.4 is 5.32 Å². The molecule has 1 saturated heterocycles. The van der Waals surface area contributed by atoms with Crippen molar-refractivity contribution in [3.05, 3.63) is 23.4 Å². The molecule has 0 aliphatic carbocycles. The number of ether oxygens (including phenoxy) is 1. The van der Waals surface area contributed by atoms with Crippen LogP contribution in [-0.4, -0.2) is 48.6 Å². The molecule has 2 rings (SSSR count). The first kappa shape index (κ1) is 15.8. The first-order valence-corrected chi connectivity index (χ1v) is 7.65. The van der Waals surface area contributed by atoms with Gasteiger partial charge in [0.15, 0.2) is 0 Å². The smallest absolute Gasteiger partial charge is 0.254 e. The van der Waals surface area contributed by atoms with Gasteiger partial charge in [0.25, 0.3) is 5.91 Å². The van der Waals surface area contributed by atoms with E-state index < -0.39 is 0 Å². The van der Waals surface area contributed by atoms with Gasteiger partial charge in [-0.15, -0.1) is 0 Å². The number of morpholine rings is 1. The van der Waals surface area contributed by atoms with Gasteiger partial charge in [-0.1, -0.05) is 20.8 Å². The van der Waals surface area contributed by atoms with E-state index >= 15 is 0 Å². The highest BCUT2D eigenvalue weighted by atomic mass is 16.5. The van der Waals surface area contributed by atoms with Crippen molar-refractivity contribution in [2.75, 3.05) is 32.1 Å². The predicted octanol–water partition coefficient (Wildman–Crippen LogP) is 2.50. The predicted molar refractivity (Wildman–Crippen MR) is 83.8 cm³/mol. The number of carbonyl (C=O) groups is 1. The van der Waals surface area contributed by atoms with Crippen LogP contribution in [0.15, 0.2) is 12.1 Å². The number of hydrogen-bond donors (Lipinski definition) is 1. The van der Waals surface area contributed by atoms with Crippen LogP contribution in [0.1, 0.15) is 49.2 Å². The van der Waals surface area contributed by atoms with Gasteiger partial charge in [-0.25, -0.2) is 4.98 Å². The standard InChI is InChI=1S/C16H25N3O2/c1-5-13-10-21-7-6-19(13)16(20)12-8-14(11(2)3)18-15(9-12)17-4/h8-9,11,13H,5-7,10H2,1-4H3,(H,17,18). The summed E-state index contributed by atoms with van der Waals surface area (Å²) in [7, 11) is 1.82. The van der Waals surface area contributed by atoms with E-state index in [1.54, 1.807) is 0 Å². The minimum atomic E-state index is 0.0750. The molecule has 1 amide bonds. The lowest BCUT2D eigenvalue weighted by atomic mass is 10.1. The van der Waals surface area contributed by atoms with Gasteiger partial charge >= 0.3 is 0 Å². The van der Waals surface area contributed by atoms with E-state index in [1.807, 2.05) is 24.1 Å². The Morgan fingerprint density at radius 2 is 2.29 bits per heavy atom. The highest BCUT2D eigenvalue weighted by molar-refractivity contribution is 5.95. The minimum absolute atomic E-state index is 0.0750. The molecule has 5 heteroatoms. The van der Waals surface area contributed by atoms with Crippen molar-refractivity contribution < 1.29 is 9.53 Å². The molecular formula is C16H25N3O2. The summed E-state index contributed by atoms with van der Waals surface area (Å²) in [6.45, 7) is 8.15. The fraction of sp³-hybridized carbons (Fsp3) is 0.625. The SMILES string of the molecule is CCC1COCCN1C(=O)c1cc(NC)nc(C(C)C)c1. The molecule has 2 heterocycles. The van der Waals surface area contributed by atoms with E-state index in [0.717, 1.165) is 17.9 Å². The van der Waals surface area contributed by atoms with E-state index in [1.165, 1.54) is 0 Å². The second kappa shape index (κ2) is 6.89. The third kappa shape index (κ3) is 3.53. The van der Waals surface area contributed by atoms with E-state index in [4.69, 9.17) is 4.74 Å². The first-order valence-electron chi connectivity index (χ1n) is 7.65. The van der Waals surface area contributed by atoms with Crippen molar-refractivity contribution in [1.29, 1.82) is 0 Å². The number of aromatic nitrogens is 1. The van der Waals surface area contributed by atoms with Crippen LogP contribution in [0.4, 0.5) is 5.82 Å². The Hall–Kier alpha value is -1.62. The van der Waals surface area contributed by atoms with E-state index in [-0.39, 0.29) is 17.9 Å². The number of pyridine rings is 1. The topological polar surface area (TPSA) is 54.5 Å². The molecular weight excluding hydrogens is 266 g/mol. The number of rotatable bonds is 4. The lowest BCUT2D eigenvalue weighted by Crippen LogP contribution is -2.48. The van der Waals surface area contributed by atoms with Crippen molar-refractivity contribution in [1.82, 2.24) is 9.88 Å². The molecule has 1 N–H and O–H groups in total. The number of nitrogens with one attached hydrogen (secondary N) is 1. The molecule has 1 atom stereocenters. The van der Waals surface area contributed by atoms with E-state index in [9.17, 15) is 4.79 Å². The van der Waals surface area contributed by atoms with Gasteiger partial charge in [-0.05, 0) is 24.5 Å². The van der Waals surface area contributed by atoms with Crippen molar-refractivity contribution in [3.63, 3.8) is 0 Å². The molecule has 1 aliphatic rings. The quantitative estimate of drug-likeness (QED) is 0.926. The Morgan fingerprint density at radius 1 is 1.52 bits per heavy atom. The van der Waals surface area contributed by atoms with Gasteiger partial charge in [0.1, 0.15) is 5.82 Å². The molecule has 0 spiro atoms. The fourth-order valence-electron chi connectivity index (χ4n) is 2.53. The van der Waals surface area contributed by atoms with Crippen LogP contribution in [0.2, 0.25) is 0 Å². The Kier molecular flexibility index (Phi) is 5.17. The van der Waals surface area contributed by atoms with E-state index in [2.05, 4.69) is 31.1 Å². The second-order valence-corrected chi connectivity index (χ2v) is 5.71. The van der Waals surface area contributed by atoms with Gasteiger partial charge in [0, 0.05) is 24.8 Å². The van der Waals surface area contributed by atoms with Gasteiger partial charge in [0.2, 0.25) is 0 Å². The summed E-state index contributed by atoms with van der Waals surface area (Å²) in [5.41, 5.74) is 1.64. The highest BCUT2D eigenvalue weighted by Crippen LogP contribution is 2.21. The average Bonchev–Trinajstić information content (AvgIpc) is 2.53. The summed E-state index contributed by atoms with van der Waals surface area (Å²) in [5, 5.41) is 3.04. The molecule has 1 aromatic heterocycles. The summed E-state index contributed by atoms with van der Waals surface area (Å²) in [4.78, 5) is 19.3. The van der Waals surface area contributed by atoms with Gasteiger partial charge in [0.05, 0.1) is 19.3 Å². The van der Waals surface area contributed by atoms with Crippen LogP contribution in [-0.2, 0) is 4.74 Å². The zero-order valence-electron chi connectivity index (χ0n) is 13.3. The molecule has 0 aromatic carbocycles. The zero-order valence-corrected chi connectivity index (χ0v) is 13.3. The molecule has 0 saturated carbocycles. The maximum Gasteiger partial charge on any atom is 0.254 e. The molecule has 1 aliphatic heterocycles. The number of anilines is 1. The lowest BCUT2D eigenvalue weighted by Gasteiger charge is -2.35. The first-order chi connectivity index (χ1) is 10.1. The maximum absolute atomic E-state index is 12.8. The van der Waals surface area contributed by atoms with Crippen LogP contribution in [0.3, 0.4) is 0 Å². The second-order valence-electron chi connectivity index (χ2n) is 5.71. The van der Waals surface area contributed by atoms with Crippen LogP contribution in [0, 0.1) is 0 Å². The lowest BCUT2D eigenvalue weighted by molar-refractivity contribution is -0.00280. The van der Waals surface area contributed by atoms with Crippen LogP contribution in [0.5, 0.6) is 0 Å². The normalized spacial score (nSPS) is 18.9. The summed E-state index contributed by atoms with van der Waals surface area (Å²) in [6.07, 6.45) is 0.909. The zero-order chi connectivity index (χ0) is 15.4. The molecule has 1 fully saturated rings. The number of hydrogen-bond acceptors (Lipinski definition) is 4. The van der Waals surface area contributed by atoms with Gasteiger partial charge < -0.3 is 15.0 Å². The highest BCUT2D eigenvalue weighted by Gasteiger charge is 2.27. The molecule has 5 nitrogen and oxygen atoms in total. The van der Waals surface area contributed by atoms with Crippen molar-refractivity contribution in [2.24, 2.45) is 0 Å². The molecule has 1 unspecified atom stereocenters. The third-order valence-electron chi connectivity index (χ3n) is 3.90. The maximum atomic E-state index is 12.8. The molecule has 1 aromatic rings. The third-order valence-corrected chi connectivity index (χ3v) is 3.90. The number of amides is 1. The van der Waals surface area contributed by atoms with Crippen LogP contribution in [0.25, 0.3) is 0 Å². The summed E-state index contributed by atoms with van der Waals surface area (Å²) in [6, 6.07) is 3.91. The summed E-state index contributed by atoms with van der Waals surface area (Å²) in [5.74, 6) is 1.10. The Balaban J connectivity index is 2.31. The van der Waals surface area contributed by atoms with Gasteiger partial charge in [-0.2, -0.15) is 0 Å². The largest absolute Gasteiger partial charge is 0.377 e. The van der Waals surface area contributed by atoms with Crippen molar-refractivity contribution in [3.8, 4) is 0 Å². The van der Waals surface area contributed by atoms with Crippen LogP contribution >= 0.6 is 0 Å². The Bertz CT molecular complexity index is 502. The molecule has 0 radical (unpaired) electrons. The Labute approximate surface area is 126 Å². The molecule has 21 heavy (non-hydrogen) atoms. The fourth-order valence-corrected chi connectivity index (χ4v) is 2.53. The molecule has 0 bridgehead atoms. The minimum Gasteiger partial charge on any atom is -0.377 e.